The van der Waals surface area contributed by atoms with Crippen molar-refractivity contribution in [1.82, 2.24) is 9.80 Å². The maximum Gasteiger partial charge on any atom is 0.319 e. The van der Waals surface area contributed by atoms with Gasteiger partial charge < -0.3 is 15.5 Å². The van der Waals surface area contributed by atoms with Gasteiger partial charge in [0.1, 0.15) is 0 Å². The van der Waals surface area contributed by atoms with Gasteiger partial charge in [0.15, 0.2) is 0 Å². The second-order valence-electron chi connectivity index (χ2n) is 3.99. The van der Waals surface area contributed by atoms with E-state index in [4.69, 9.17) is 5.73 Å². The molecule has 0 bridgehead atoms. The minimum atomic E-state index is 0.144. The van der Waals surface area contributed by atoms with Gasteiger partial charge in [-0.3, -0.25) is 0 Å². The van der Waals surface area contributed by atoms with Gasteiger partial charge in [-0.1, -0.05) is 0 Å². The number of nitrogens with zero attached hydrogens (tertiary/aromatic N) is 2. The number of amides is 2. The lowest BCUT2D eigenvalue weighted by Crippen LogP contribution is -2.47. The number of likely N-dealkylation sites (tertiary alicyclic amines) is 1. The van der Waals surface area contributed by atoms with Crippen LogP contribution >= 0.6 is 0 Å². The third-order valence-electron chi connectivity index (χ3n) is 2.92. The monoisotopic (exact) mass is 199 g/mol. The van der Waals surface area contributed by atoms with Crippen molar-refractivity contribution < 1.29 is 4.79 Å². The Morgan fingerprint density at radius 3 is 2.93 bits per heavy atom. The van der Waals surface area contributed by atoms with Gasteiger partial charge in [-0.05, 0) is 32.2 Å². The zero-order valence-electron chi connectivity index (χ0n) is 9.20. The van der Waals surface area contributed by atoms with Crippen molar-refractivity contribution in [3.05, 3.63) is 0 Å². The maximum absolute atomic E-state index is 11.8. The molecule has 0 aromatic rings. The van der Waals surface area contributed by atoms with E-state index in [0.29, 0.717) is 12.5 Å². The van der Waals surface area contributed by atoms with Crippen LogP contribution in [0.2, 0.25) is 0 Å². The van der Waals surface area contributed by atoms with Gasteiger partial charge in [0.05, 0.1) is 0 Å². The number of carbonyl (C=O) groups is 1. The Morgan fingerprint density at radius 1 is 1.64 bits per heavy atom. The van der Waals surface area contributed by atoms with Crippen LogP contribution in [0.3, 0.4) is 0 Å². The SMILES string of the molecule is CCN(C)C(=O)N1CCCC(CN)C1. The van der Waals surface area contributed by atoms with E-state index >= 15 is 0 Å². The molecule has 1 saturated heterocycles. The van der Waals surface area contributed by atoms with E-state index in [9.17, 15) is 4.79 Å². The summed E-state index contributed by atoms with van der Waals surface area (Å²) in [6.45, 7) is 5.17. The smallest absolute Gasteiger partial charge is 0.319 e. The first-order valence-corrected chi connectivity index (χ1v) is 5.39. The lowest BCUT2D eigenvalue weighted by atomic mass is 9.99. The molecule has 4 heteroatoms. The van der Waals surface area contributed by atoms with Crippen LogP contribution in [-0.2, 0) is 0 Å². The van der Waals surface area contributed by atoms with Gasteiger partial charge in [-0.25, -0.2) is 4.79 Å². The molecule has 1 heterocycles. The van der Waals surface area contributed by atoms with Crippen LogP contribution in [0.1, 0.15) is 19.8 Å². The third kappa shape index (κ3) is 2.61. The Morgan fingerprint density at radius 2 is 2.36 bits per heavy atom. The molecule has 1 fully saturated rings. The summed E-state index contributed by atoms with van der Waals surface area (Å²) in [4.78, 5) is 15.5. The van der Waals surface area contributed by atoms with Crippen molar-refractivity contribution >= 4 is 6.03 Å². The van der Waals surface area contributed by atoms with E-state index < -0.39 is 0 Å². The number of hydrogen-bond donors (Lipinski definition) is 1. The number of piperidine rings is 1. The molecule has 0 aromatic heterocycles. The lowest BCUT2D eigenvalue weighted by molar-refractivity contribution is 0.139. The summed E-state index contributed by atoms with van der Waals surface area (Å²) >= 11 is 0. The Hall–Kier alpha value is -0.770. The summed E-state index contributed by atoms with van der Waals surface area (Å²) < 4.78 is 0. The van der Waals surface area contributed by atoms with E-state index in [0.717, 1.165) is 32.5 Å². The highest BCUT2D eigenvalue weighted by atomic mass is 16.2. The number of hydrogen-bond acceptors (Lipinski definition) is 2. The van der Waals surface area contributed by atoms with Gasteiger partial charge in [-0.2, -0.15) is 0 Å². The Labute approximate surface area is 86.0 Å². The minimum absolute atomic E-state index is 0.144. The number of urea groups is 1. The van der Waals surface area contributed by atoms with Gasteiger partial charge in [0, 0.05) is 26.7 Å². The van der Waals surface area contributed by atoms with Crippen molar-refractivity contribution in [2.45, 2.75) is 19.8 Å². The van der Waals surface area contributed by atoms with Crippen LogP contribution in [0.4, 0.5) is 4.79 Å². The molecule has 1 atom stereocenters. The summed E-state index contributed by atoms with van der Waals surface area (Å²) in [6.07, 6.45) is 2.25. The number of rotatable bonds is 2. The molecule has 0 aromatic carbocycles. The maximum atomic E-state index is 11.8. The van der Waals surface area contributed by atoms with E-state index in [1.165, 1.54) is 0 Å². The van der Waals surface area contributed by atoms with E-state index in [1.807, 2.05) is 18.9 Å². The topological polar surface area (TPSA) is 49.6 Å². The quantitative estimate of drug-likeness (QED) is 0.712. The summed E-state index contributed by atoms with van der Waals surface area (Å²) in [5.41, 5.74) is 5.62. The van der Waals surface area contributed by atoms with E-state index in [2.05, 4.69) is 0 Å². The van der Waals surface area contributed by atoms with Crippen LogP contribution < -0.4 is 5.73 Å². The van der Waals surface area contributed by atoms with Crippen LogP contribution in [0.25, 0.3) is 0 Å². The highest BCUT2D eigenvalue weighted by Crippen LogP contribution is 2.16. The number of nitrogens with two attached hydrogens (primary N) is 1. The molecule has 2 N–H and O–H groups in total. The Kier molecular flexibility index (Phi) is 4.20. The third-order valence-corrected chi connectivity index (χ3v) is 2.92. The predicted molar refractivity (Wildman–Crippen MR) is 57.1 cm³/mol. The largest absolute Gasteiger partial charge is 0.330 e. The fourth-order valence-electron chi connectivity index (χ4n) is 1.81. The first-order valence-electron chi connectivity index (χ1n) is 5.39. The molecule has 1 aliphatic rings. The Balaban J connectivity index is 2.47. The molecule has 1 unspecified atom stereocenters. The fourth-order valence-corrected chi connectivity index (χ4v) is 1.81. The van der Waals surface area contributed by atoms with Gasteiger partial charge in [-0.15, -0.1) is 0 Å². The molecular formula is C10H21N3O. The van der Waals surface area contributed by atoms with Crippen molar-refractivity contribution in [1.29, 1.82) is 0 Å². The summed E-state index contributed by atoms with van der Waals surface area (Å²) in [6, 6.07) is 0.144. The molecule has 1 aliphatic heterocycles. The van der Waals surface area contributed by atoms with Crippen molar-refractivity contribution in [3.8, 4) is 0 Å². The molecule has 14 heavy (non-hydrogen) atoms. The average Bonchev–Trinajstić information content (AvgIpc) is 2.27. The fraction of sp³-hybridized carbons (Fsp3) is 0.900. The van der Waals surface area contributed by atoms with Crippen molar-refractivity contribution in [2.75, 3.05) is 33.2 Å². The molecule has 1 rings (SSSR count). The second kappa shape index (κ2) is 5.20. The average molecular weight is 199 g/mol. The summed E-state index contributed by atoms with van der Waals surface area (Å²) in [5, 5.41) is 0. The van der Waals surface area contributed by atoms with Gasteiger partial charge in [0.2, 0.25) is 0 Å². The highest BCUT2D eigenvalue weighted by Gasteiger charge is 2.24. The van der Waals surface area contributed by atoms with Crippen LogP contribution in [-0.4, -0.2) is 49.1 Å². The minimum Gasteiger partial charge on any atom is -0.330 e. The summed E-state index contributed by atoms with van der Waals surface area (Å²) in [5.74, 6) is 0.498. The van der Waals surface area contributed by atoms with Crippen molar-refractivity contribution in [3.63, 3.8) is 0 Å². The zero-order chi connectivity index (χ0) is 10.6. The molecule has 0 saturated carbocycles. The highest BCUT2D eigenvalue weighted by molar-refractivity contribution is 5.74. The first-order chi connectivity index (χ1) is 6.69. The van der Waals surface area contributed by atoms with Gasteiger partial charge in [0.25, 0.3) is 0 Å². The first kappa shape index (κ1) is 11.3. The molecule has 4 nitrogen and oxygen atoms in total. The van der Waals surface area contributed by atoms with Crippen LogP contribution in [0, 0.1) is 5.92 Å². The normalized spacial score (nSPS) is 22.2. The number of carbonyl (C=O) groups excluding carboxylic acids is 1. The molecule has 0 spiro atoms. The van der Waals surface area contributed by atoms with E-state index in [-0.39, 0.29) is 6.03 Å². The molecule has 0 aliphatic carbocycles. The molecular weight excluding hydrogens is 178 g/mol. The second-order valence-corrected chi connectivity index (χ2v) is 3.99. The summed E-state index contributed by atoms with van der Waals surface area (Å²) in [7, 11) is 1.84. The van der Waals surface area contributed by atoms with Crippen LogP contribution in [0.15, 0.2) is 0 Å². The van der Waals surface area contributed by atoms with Crippen molar-refractivity contribution in [2.24, 2.45) is 11.7 Å². The standard InChI is InChI=1S/C10H21N3O/c1-3-12(2)10(14)13-6-4-5-9(7-11)8-13/h9H,3-8,11H2,1-2H3. The zero-order valence-corrected chi connectivity index (χ0v) is 9.20. The predicted octanol–water partition coefficient (Wildman–Crippen LogP) is 0.729. The van der Waals surface area contributed by atoms with E-state index in [1.54, 1.807) is 4.90 Å². The molecule has 82 valence electrons. The molecule has 0 radical (unpaired) electrons. The Bertz CT molecular complexity index is 196. The van der Waals surface area contributed by atoms with Gasteiger partial charge >= 0.3 is 6.03 Å². The molecule has 2 amide bonds. The van der Waals surface area contributed by atoms with Crippen LogP contribution in [0.5, 0.6) is 0 Å². The lowest BCUT2D eigenvalue weighted by Gasteiger charge is -2.34.